The molecule has 0 N–H and O–H groups in total. The van der Waals surface area contributed by atoms with Crippen LogP contribution < -0.4 is 9.47 Å². The minimum atomic E-state index is -0.739. The minimum Gasteiger partial charge on any atom is -0.493 e. The number of piperidine rings is 4. The lowest BCUT2D eigenvalue weighted by molar-refractivity contribution is -0.168. The Morgan fingerprint density at radius 1 is 0.868 bits per heavy atom. The van der Waals surface area contributed by atoms with Crippen LogP contribution in [0.5, 0.6) is 11.5 Å². The van der Waals surface area contributed by atoms with Crippen molar-refractivity contribution in [2.45, 2.75) is 56.3 Å². The number of methoxy groups -OCH3 is 2. The third-order valence-corrected chi connectivity index (χ3v) is 11.9. The number of carbonyl (C=O) groups excluding carboxylic acids is 2. The van der Waals surface area contributed by atoms with Crippen molar-refractivity contribution in [1.29, 1.82) is 0 Å². The smallest absolute Gasteiger partial charge is 0.338 e. The fraction of sp³-hybridized carbons (Fsp3) is 0.405. The van der Waals surface area contributed by atoms with Gasteiger partial charge < -0.3 is 18.9 Å². The fourth-order valence-corrected chi connectivity index (χ4v) is 8.63. The van der Waals surface area contributed by atoms with Crippen LogP contribution >= 0.6 is 23.2 Å². The Morgan fingerprint density at radius 2 is 1.58 bits per heavy atom. The second kappa shape index (κ2) is 16.5. The molecule has 4 fully saturated rings. The number of fused-ring (bicyclic) bond motifs is 3. The molecule has 278 valence electrons. The van der Waals surface area contributed by atoms with Crippen LogP contribution in [0.15, 0.2) is 85.2 Å². The number of hydrogen-bond donors (Lipinski definition) is 0. The average molecular weight is 759 g/mol. The molecule has 0 saturated carbocycles. The van der Waals surface area contributed by atoms with E-state index in [1.54, 1.807) is 32.4 Å². The van der Waals surface area contributed by atoms with Gasteiger partial charge in [-0.2, -0.15) is 0 Å². The third kappa shape index (κ3) is 8.19. The van der Waals surface area contributed by atoms with Crippen molar-refractivity contribution in [2.24, 2.45) is 5.92 Å². The second-order valence-electron chi connectivity index (χ2n) is 14.3. The van der Waals surface area contributed by atoms with E-state index in [0.29, 0.717) is 76.6 Å². The highest BCUT2D eigenvalue weighted by atomic mass is 35.5. The lowest BCUT2D eigenvalue weighted by Gasteiger charge is -2.46. The van der Waals surface area contributed by atoms with Gasteiger partial charge in [0.25, 0.3) is 0 Å². The van der Waals surface area contributed by atoms with Crippen LogP contribution in [0.2, 0.25) is 10.0 Å². The molecule has 53 heavy (non-hydrogen) atoms. The molecule has 0 unspecified atom stereocenters. The van der Waals surface area contributed by atoms with E-state index in [0.717, 1.165) is 43.6 Å². The van der Waals surface area contributed by atoms with Gasteiger partial charge in [0.2, 0.25) is 0 Å². The van der Waals surface area contributed by atoms with Crippen molar-refractivity contribution in [3.8, 4) is 11.5 Å². The summed E-state index contributed by atoms with van der Waals surface area (Å²) in [6.45, 7) is 5.10. The van der Waals surface area contributed by atoms with E-state index in [-0.39, 0.29) is 18.5 Å². The molecule has 2 atom stereocenters. The summed E-state index contributed by atoms with van der Waals surface area (Å²) in [6, 6.07) is 23.0. The molecule has 11 heteroatoms. The van der Waals surface area contributed by atoms with Crippen LogP contribution in [0.4, 0.5) is 0 Å². The van der Waals surface area contributed by atoms with Gasteiger partial charge >= 0.3 is 11.9 Å². The molecule has 0 aliphatic carbocycles. The summed E-state index contributed by atoms with van der Waals surface area (Å²) in [7, 11) is 3.12. The molecule has 9 nitrogen and oxygen atoms in total. The van der Waals surface area contributed by atoms with Crippen LogP contribution in [-0.4, -0.2) is 79.8 Å². The molecule has 0 amide bonds. The summed E-state index contributed by atoms with van der Waals surface area (Å²) in [5, 5.41) is 0.761. The molecule has 3 aromatic carbocycles. The molecule has 4 saturated heterocycles. The Bertz CT molecular complexity index is 1890. The predicted octanol–water partition coefficient (Wildman–Crippen LogP) is 7.72. The van der Waals surface area contributed by atoms with Crippen molar-refractivity contribution in [2.75, 3.05) is 46.9 Å². The first-order valence-corrected chi connectivity index (χ1v) is 19.0. The van der Waals surface area contributed by atoms with Crippen LogP contribution in [0.3, 0.4) is 0 Å². The fourth-order valence-electron chi connectivity index (χ4n) is 8.11. The number of ether oxygens (including phenoxy) is 4. The first-order chi connectivity index (χ1) is 25.8. The van der Waals surface area contributed by atoms with Gasteiger partial charge in [-0.3, -0.25) is 19.6 Å². The average Bonchev–Trinajstić information content (AvgIpc) is 3.19. The summed E-state index contributed by atoms with van der Waals surface area (Å²) >= 11 is 13.0. The molecule has 1 aromatic heterocycles. The Kier molecular flexibility index (Phi) is 11.6. The Labute approximate surface area is 321 Å². The summed E-state index contributed by atoms with van der Waals surface area (Å²) in [6.07, 6.45) is 6.00. The van der Waals surface area contributed by atoms with E-state index in [9.17, 15) is 9.59 Å². The number of esters is 2. The Hall–Kier alpha value is -4.15. The van der Waals surface area contributed by atoms with E-state index < -0.39 is 17.5 Å². The van der Waals surface area contributed by atoms with E-state index in [1.165, 1.54) is 12.4 Å². The summed E-state index contributed by atoms with van der Waals surface area (Å²) in [5.41, 5.74) is 3.05. The molecule has 2 bridgehead atoms. The molecule has 0 spiro atoms. The summed E-state index contributed by atoms with van der Waals surface area (Å²) in [5.74, 6) is 0.940. The number of likely N-dealkylation sites (tertiary alicyclic amines) is 1. The molecule has 5 heterocycles. The minimum absolute atomic E-state index is 0.0314. The lowest BCUT2D eigenvalue weighted by Crippen LogP contribution is -2.54. The number of carbonyl (C=O) groups is 2. The van der Waals surface area contributed by atoms with Crippen LogP contribution in [0.1, 0.15) is 64.4 Å². The zero-order chi connectivity index (χ0) is 37.0. The van der Waals surface area contributed by atoms with Gasteiger partial charge in [-0.05, 0) is 104 Å². The van der Waals surface area contributed by atoms with Crippen LogP contribution in [0, 0.1) is 5.92 Å². The van der Waals surface area contributed by atoms with Gasteiger partial charge in [-0.1, -0.05) is 71.7 Å². The number of aromatic nitrogens is 1. The highest BCUT2D eigenvalue weighted by Gasteiger charge is 2.47. The molecule has 4 aliphatic heterocycles. The van der Waals surface area contributed by atoms with Gasteiger partial charge in [0.15, 0.2) is 11.5 Å². The number of nitrogens with zero attached hydrogens (tertiary/aromatic N) is 3. The summed E-state index contributed by atoms with van der Waals surface area (Å²) in [4.78, 5) is 36.8. The topological polar surface area (TPSA) is 90.4 Å². The van der Waals surface area contributed by atoms with E-state index in [4.69, 9.17) is 42.1 Å². The number of rotatable bonds is 12. The predicted molar refractivity (Wildman–Crippen MR) is 204 cm³/mol. The molecular formula is C42H45Cl2N3O6. The van der Waals surface area contributed by atoms with E-state index >= 15 is 0 Å². The first kappa shape index (κ1) is 37.2. The SMILES string of the molecule is COc1ccc([C@H](Cc2c(Cl)cncc2Cl)OC(=O)c2cccc(CN3CCC(C(=O)O[C@H]4CN5CCC4CC5)(c4ccccc4)CC3)c2)cc1OC. The van der Waals surface area contributed by atoms with Crippen molar-refractivity contribution >= 4 is 35.1 Å². The number of hydrogen-bond acceptors (Lipinski definition) is 9. The number of halogens is 2. The van der Waals surface area contributed by atoms with Crippen LogP contribution in [0.25, 0.3) is 0 Å². The molecular weight excluding hydrogens is 713 g/mol. The van der Waals surface area contributed by atoms with Crippen LogP contribution in [-0.2, 0) is 32.6 Å². The highest BCUT2D eigenvalue weighted by Crippen LogP contribution is 2.40. The lowest BCUT2D eigenvalue weighted by atomic mass is 9.72. The Balaban J connectivity index is 1.05. The monoisotopic (exact) mass is 757 g/mol. The maximum atomic E-state index is 14.1. The molecule has 0 radical (unpaired) electrons. The normalized spacial score (nSPS) is 21.4. The highest BCUT2D eigenvalue weighted by molar-refractivity contribution is 6.35. The number of benzene rings is 3. The molecule has 4 aliphatic rings. The van der Waals surface area contributed by atoms with Gasteiger partial charge in [0.05, 0.1) is 35.2 Å². The number of pyridine rings is 1. The van der Waals surface area contributed by atoms with Crippen molar-refractivity contribution in [3.63, 3.8) is 0 Å². The first-order valence-electron chi connectivity index (χ1n) is 18.3. The maximum absolute atomic E-state index is 14.1. The quantitative estimate of drug-likeness (QED) is 0.135. The standard InChI is InChI=1S/C42H45Cl2N3O6/c1-50-36-12-11-30(22-38(36)51-2)37(23-33-34(43)24-45-25-35(33)44)52-40(48)31-8-6-7-28(21-31)26-47-19-15-42(16-20-47,32-9-4-3-5-10-32)41(49)53-39-27-46-17-13-29(39)14-18-46/h3-12,21-22,24-25,29,37,39H,13-20,23,26-27H2,1-2H3/t37-,39-/m0/s1. The van der Waals surface area contributed by atoms with Gasteiger partial charge in [0.1, 0.15) is 12.2 Å². The zero-order valence-corrected chi connectivity index (χ0v) is 31.7. The van der Waals surface area contributed by atoms with Gasteiger partial charge in [0, 0.05) is 31.9 Å². The van der Waals surface area contributed by atoms with E-state index in [1.807, 2.05) is 42.5 Å². The molecule has 8 rings (SSSR count). The van der Waals surface area contributed by atoms with E-state index in [2.05, 4.69) is 26.9 Å². The second-order valence-corrected chi connectivity index (χ2v) is 15.1. The van der Waals surface area contributed by atoms with Gasteiger partial charge in [-0.25, -0.2) is 4.79 Å². The zero-order valence-electron chi connectivity index (χ0n) is 30.1. The van der Waals surface area contributed by atoms with Gasteiger partial charge in [-0.15, -0.1) is 0 Å². The third-order valence-electron chi connectivity index (χ3n) is 11.2. The van der Waals surface area contributed by atoms with Crippen molar-refractivity contribution in [3.05, 3.63) is 123 Å². The maximum Gasteiger partial charge on any atom is 0.338 e. The molecule has 4 aromatic rings. The summed E-state index contributed by atoms with van der Waals surface area (Å²) < 4.78 is 23.5. The largest absolute Gasteiger partial charge is 0.493 e. The van der Waals surface area contributed by atoms with Crippen molar-refractivity contribution < 1.29 is 28.5 Å². The Morgan fingerprint density at radius 3 is 2.25 bits per heavy atom. The van der Waals surface area contributed by atoms with Crippen molar-refractivity contribution in [1.82, 2.24) is 14.8 Å².